The average Bonchev–Trinajstić information content (AvgIpc) is 2.69. The van der Waals surface area contributed by atoms with E-state index in [2.05, 4.69) is 4.98 Å². The van der Waals surface area contributed by atoms with Crippen LogP contribution in [0, 0.1) is 5.92 Å². The molecule has 1 N–H and O–H groups in total. The minimum atomic E-state index is -0.544. The van der Waals surface area contributed by atoms with Crippen molar-refractivity contribution in [1.82, 2.24) is 4.98 Å². The third-order valence-corrected chi connectivity index (χ3v) is 3.47. The van der Waals surface area contributed by atoms with E-state index in [1.165, 1.54) is 19.0 Å². The molecular weight excluding hydrogens is 233 g/mol. The number of hydrogen-bond acceptors (Lipinski definition) is 2. The molecule has 0 aliphatic heterocycles. The summed E-state index contributed by atoms with van der Waals surface area (Å²) >= 11 is 11.7. The molecule has 1 aliphatic carbocycles. The maximum atomic E-state index is 10.1. The van der Waals surface area contributed by atoms with Gasteiger partial charge in [0.05, 0.1) is 15.7 Å². The largest absolute Gasteiger partial charge is 0.386 e. The van der Waals surface area contributed by atoms with E-state index >= 15 is 0 Å². The van der Waals surface area contributed by atoms with Crippen LogP contribution in [0.1, 0.15) is 37.5 Å². The molecule has 2 nitrogen and oxygen atoms in total. The topological polar surface area (TPSA) is 33.1 Å². The summed E-state index contributed by atoms with van der Waals surface area (Å²) < 4.78 is 0. The monoisotopic (exact) mass is 245 g/mol. The lowest BCUT2D eigenvalue weighted by atomic mass is 9.98. The molecule has 1 atom stereocenters. The number of hydrogen-bond donors (Lipinski definition) is 1. The molecule has 1 saturated carbocycles. The van der Waals surface area contributed by atoms with E-state index in [4.69, 9.17) is 23.2 Å². The third kappa shape index (κ3) is 2.44. The molecule has 0 saturated heterocycles. The summed E-state index contributed by atoms with van der Waals surface area (Å²) in [7, 11) is 0. The van der Waals surface area contributed by atoms with E-state index in [0.717, 1.165) is 12.8 Å². The highest BCUT2D eigenvalue weighted by atomic mass is 35.5. The van der Waals surface area contributed by atoms with Crippen molar-refractivity contribution in [3.63, 3.8) is 0 Å². The predicted molar refractivity (Wildman–Crippen MR) is 61.2 cm³/mol. The number of nitrogens with zero attached hydrogens (tertiary/aromatic N) is 1. The average molecular weight is 246 g/mol. The summed E-state index contributed by atoms with van der Waals surface area (Å²) in [5, 5.41) is 11.1. The number of aliphatic hydroxyl groups excluding tert-OH is 1. The molecule has 82 valence electrons. The maximum absolute atomic E-state index is 10.1. The zero-order chi connectivity index (χ0) is 10.8. The molecule has 0 bridgehead atoms. The molecule has 1 unspecified atom stereocenters. The molecule has 0 spiro atoms. The minimum absolute atomic E-state index is 0.302. The van der Waals surface area contributed by atoms with Crippen LogP contribution in [0.2, 0.25) is 10.0 Å². The first-order valence-electron chi connectivity index (χ1n) is 5.17. The lowest BCUT2D eigenvalue weighted by Crippen LogP contribution is -2.11. The first kappa shape index (κ1) is 11.2. The summed E-state index contributed by atoms with van der Waals surface area (Å²) in [5.74, 6) is 0.302. The van der Waals surface area contributed by atoms with Crippen LogP contribution >= 0.6 is 23.2 Å². The van der Waals surface area contributed by atoms with E-state index in [0.29, 0.717) is 21.7 Å². The van der Waals surface area contributed by atoms with Gasteiger partial charge in [0.2, 0.25) is 0 Å². The van der Waals surface area contributed by atoms with E-state index in [1.807, 2.05) is 0 Å². The van der Waals surface area contributed by atoms with Crippen LogP contribution in [0.4, 0.5) is 0 Å². The lowest BCUT2D eigenvalue weighted by Gasteiger charge is -2.17. The van der Waals surface area contributed by atoms with Crippen LogP contribution < -0.4 is 0 Å². The van der Waals surface area contributed by atoms with Crippen molar-refractivity contribution in [2.45, 2.75) is 31.8 Å². The van der Waals surface area contributed by atoms with Crippen LogP contribution in [0.15, 0.2) is 12.3 Å². The molecule has 1 fully saturated rings. The van der Waals surface area contributed by atoms with Gasteiger partial charge in [0.1, 0.15) is 6.10 Å². The van der Waals surface area contributed by atoms with Crippen molar-refractivity contribution in [3.8, 4) is 0 Å². The van der Waals surface area contributed by atoms with Crippen LogP contribution in [0.25, 0.3) is 0 Å². The Labute approximate surface area is 99.2 Å². The van der Waals surface area contributed by atoms with Crippen LogP contribution in [0.3, 0.4) is 0 Å². The quantitative estimate of drug-likeness (QED) is 0.864. The second-order valence-corrected chi connectivity index (χ2v) is 4.85. The molecule has 1 aromatic heterocycles. The summed E-state index contributed by atoms with van der Waals surface area (Å²) in [6, 6.07) is 1.63. The fourth-order valence-electron chi connectivity index (χ4n) is 2.14. The highest BCUT2D eigenvalue weighted by molar-refractivity contribution is 6.34. The van der Waals surface area contributed by atoms with Crippen molar-refractivity contribution in [2.75, 3.05) is 0 Å². The number of aromatic nitrogens is 1. The molecule has 4 heteroatoms. The van der Waals surface area contributed by atoms with E-state index in [1.54, 1.807) is 6.07 Å². The zero-order valence-corrected chi connectivity index (χ0v) is 9.80. The SMILES string of the molecule is OC(c1ncc(Cl)cc1Cl)C1CCCC1. The van der Waals surface area contributed by atoms with Crippen LogP contribution in [-0.2, 0) is 0 Å². The fraction of sp³-hybridized carbons (Fsp3) is 0.545. The second kappa shape index (κ2) is 4.69. The highest BCUT2D eigenvalue weighted by Crippen LogP contribution is 2.37. The van der Waals surface area contributed by atoms with Gasteiger partial charge >= 0.3 is 0 Å². The molecule has 1 aromatic rings. The number of aliphatic hydroxyl groups is 1. The Kier molecular flexibility index (Phi) is 3.49. The summed E-state index contributed by atoms with van der Waals surface area (Å²) in [6.07, 6.45) is 5.47. The molecule has 0 radical (unpaired) electrons. The van der Waals surface area contributed by atoms with Crippen LogP contribution in [0.5, 0.6) is 0 Å². The molecule has 0 aromatic carbocycles. The van der Waals surface area contributed by atoms with Crippen molar-refractivity contribution >= 4 is 23.2 Å². The standard InChI is InChI=1S/C11H13Cl2NO/c12-8-5-9(13)10(14-6-8)11(15)7-3-1-2-4-7/h5-7,11,15H,1-4H2. The summed E-state index contributed by atoms with van der Waals surface area (Å²) in [6.45, 7) is 0. The number of halogens is 2. The van der Waals surface area contributed by atoms with Gasteiger partial charge in [-0.1, -0.05) is 36.0 Å². The first-order valence-corrected chi connectivity index (χ1v) is 5.93. The van der Waals surface area contributed by atoms with Crippen molar-refractivity contribution in [2.24, 2.45) is 5.92 Å². The van der Waals surface area contributed by atoms with E-state index < -0.39 is 6.10 Å². The Morgan fingerprint density at radius 3 is 2.60 bits per heavy atom. The van der Waals surface area contributed by atoms with Gasteiger partial charge in [-0.25, -0.2) is 0 Å². The normalized spacial score (nSPS) is 19.4. The van der Waals surface area contributed by atoms with Crippen LogP contribution in [-0.4, -0.2) is 10.1 Å². The molecule has 1 aliphatic rings. The molecule has 15 heavy (non-hydrogen) atoms. The van der Waals surface area contributed by atoms with Gasteiger partial charge in [-0.3, -0.25) is 4.98 Å². The van der Waals surface area contributed by atoms with Crippen molar-refractivity contribution in [3.05, 3.63) is 28.0 Å². The van der Waals surface area contributed by atoms with Gasteiger partial charge in [-0.05, 0) is 24.8 Å². The van der Waals surface area contributed by atoms with Gasteiger partial charge in [-0.15, -0.1) is 0 Å². The first-order chi connectivity index (χ1) is 7.18. The smallest absolute Gasteiger partial charge is 0.100 e. The van der Waals surface area contributed by atoms with Gasteiger partial charge < -0.3 is 5.11 Å². The molecule has 2 rings (SSSR count). The lowest BCUT2D eigenvalue weighted by molar-refractivity contribution is 0.107. The minimum Gasteiger partial charge on any atom is -0.386 e. The van der Waals surface area contributed by atoms with E-state index in [9.17, 15) is 5.11 Å². The van der Waals surface area contributed by atoms with Gasteiger partial charge in [0, 0.05) is 6.20 Å². The Morgan fingerprint density at radius 2 is 2.00 bits per heavy atom. The second-order valence-electron chi connectivity index (χ2n) is 4.01. The Bertz CT molecular complexity index is 350. The van der Waals surface area contributed by atoms with Gasteiger partial charge in [0.15, 0.2) is 0 Å². The summed E-state index contributed by atoms with van der Waals surface area (Å²) in [5.41, 5.74) is 0.563. The van der Waals surface area contributed by atoms with Crippen molar-refractivity contribution < 1.29 is 5.11 Å². The Balaban J connectivity index is 2.20. The number of rotatable bonds is 2. The molecular formula is C11H13Cl2NO. The highest BCUT2D eigenvalue weighted by Gasteiger charge is 2.26. The maximum Gasteiger partial charge on any atom is 0.100 e. The summed E-state index contributed by atoms with van der Waals surface area (Å²) in [4.78, 5) is 4.11. The van der Waals surface area contributed by atoms with Gasteiger partial charge in [-0.2, -0.15) is 0 Å². The zero-order valence-electron chi connectivity index (χ0n) is 8.29. The Hall–Kier alpha value is -0.310. The Morgan fingerprint density at radius 1 is 1.33 bits per heavy atom. The van der Waals surface area contributed by atoms with Crippen molar-refractivity contribution in [1.29, 1.82) is 0 Å². The van der Waals surface area contributed by atoms with E-state index in [-0.39, 0.29) is 0 Å². The molecule has 1 heterocycles. The third-order valence-electron chi connectivity index (χ3n) is 2.96. The van der Waals surface area contributed by atoms with Gasteiger partial charge in [0.25, 0.3) is 0 Å². The number of pyridine rings is 1. The molecule has 0 amide bonds. The fourth-order valence-corrected chi connectivity index (χ4v) is 2.63. The predicted octanol–water partition coefficient (Wildman–Crippen LogP) is 3.61.